The third-order valence-corrected chi connectivity index (χ3v) is 12.0. The molecule has 11 heteroatoms. The second-order valence-corrected chi connectivity index (χ2v) is 16.4. The van der Waals surface area contributed by atoms with E-state index in [0.717, 1.165) is 27.8 Å². The number of aliphatic hydroxyl groups excluding tert-OH is 2. The van der Waals surface area contributed by atoms with Crippen molar-refractivity contribution in [1.82, 2.24) is 9.62 Å². The number of ether oxygens (including phenoxy) is 2. The van der Waals surface area contributed by atoms with Gasteiger partial charge < -0.3 is 25.0 Å². The molecule has 0 saturated carbocycles. The van der Waals surface area contributed by atoms with Gasteiger partial charge >= 0.3 is 0 Å². The second kappa shape index (κ2) is 18.5. The number of anilines is 1. The number of carbonyl (C=O) groups is 1. The van der Waals surface area contributed by atoms with E-state index < -0.39 is 34.4 Å². The van der Waals surface area contributed by atoms with E-state index in [1.165, 1.54) is 12.1 Å². The maximum Gasteiger partial charge on any atom is 0.242 e. The molecule has 0 radical (unpaired) electrons. The highest BCUT2D eigenvalue weighted by atomic mass is 32.2. The Morgan fingerprint density at radius 3 is 2.14 bits per heavy atom. The molecule has 0 bridgehead atoms. The summed E-state index contributed by atoms with van der Waals surface area (Å²) in [6, 6.07) is 38.8. The molecule has 1 heterocycles. The van der Waals surface area contributed by atoms with Crippen molar-refractivity contribution in [3.8, 4) is 0 Å². The van der Waals surface area contributed by atoms with Gasteiger partial charge in [-0.25, -0.2) is 8.42 Å². The van der Waals surface area contributed by atoms with Crippen molar-refractivity contribution in [1.29, 1.82) is 0 Å². The normalized spacial score (nSPS) is 20.3. The first-order valence-electron chi connectivity index (χ1n) is 18.9. The highest BCUT2D eigenvalue weighted by molar-refractivity contribution is 7.89. The Hall–Kier alpha value is -4.72. The fourth-order valence-corrected chi connectivity index (χ4v) is 8.15. The number of hydrogen-bond acceptors (Lipinski definition) is 8. The average Bonchev–Trinajstić information content (AvgIpc) is 3.21. The summed E-state index contributed by atoms with van der Waals surface area (Å²) in [7, 11) is -2.06. The minimum absolute atomic E-state index is 0.0692. The molecule has 0 unspecified atom stereocenters. The molecule has 294 valence electrons. The van der Waals surface area contributed by atoms with E-state index in [1.807, 2.05) is 112 Å². The Kier molecular flexibility index (Phi) is 13.5. The molecule has 1 aliphatic heterocycles. The summed E-state index contributed by atoms with van der Waals surface area (Å²) in [6.07, 6.45) is -2.09. The molecule has 4 N–H and O–H groups in total. The fraction of sp³-hybridized carbons (Fsp3) is 0.311. The lowest BCUT2D eigenvalue weighted by Gasteiger charge is -2.43. The Balaban J connectivity index is 1.24. The first-order valence-corrected chi connectivity index (χ1v) is 20.4. The van der Waals surface area contributed by atoms with Crippen molar-refractivity contribution in [2.24, 2.45) is 5.92 Å². The summed E-state index contributed by atoms with van der Waals surface area (Å²) >= 11 is 0. The van der Waals surface area contributed by atoms with E-state index in [-0.39, 0.29) is 42.1 Å². The van der Waals surface area contributed by atoms with Gasteiger partial charge in [-0.15, -0.1) is 0 Å². The van der Waals surface area contributed by atoms with Crippen molar-refractivity contribution in [2.45, 2.75) is 75.4 Å². The van der Waals surface area contributed by atoms with Crippen molar-refractivity contribution in [3.05, 3.63) is 167 Å². The lowest BCUT2D eigenvalue weighted by Crippen LogP contribution is -2.46. The lowest BCUT2D eigenvalue weighted by molar-refractivity contribution is -0.276. The van der Waals surface area contributed by atoms with Gasteiger partial charge in [-0.05, 0) is 73.8 Å². The number of aryl methyl sites for hydroxylation is 1. The number of nitrogens with one attached hydrogen (secondary N) is 2. The monoisotopic (exact) mass is 777 g/mol. The van der Waals surface area contributed by atoms with Gasteiger partial charge in [0.25, 0.3) is 0 Å². The van der Waals surface area contributed by atoms with Gasteiger partial charge in [0.1, 0.15) is 6.04 Å². The molecule has 0 aromatic heterocycles. The number of carbonyl (C=O) groups excluding carboxylic acids is 1. The maximum atomic E-state index is 14.0. The van der Waals surface area contributed by atoms with Crippen LogP contribution in [0.1, 0.15) is 65.7 Å². The summed E-state index contributed by atoms with van der Waals surface area (Å²) in [5, 5.41) is 23.8. The zero-order chi connectivity index (χ0) is 39.8. The average molecular weight is 778 g/mol. The first-order chi connectivity index (χ1) is 26.9. The van der Waals surface area contributed by atoms with Gasteiger partial charge in [0.2, 0.25) is 15.9 Å². The van der Waals surface area contributed by atoms with Crippen LogP contribution in [0.2, 0.25) is 0 Å². The van der Waals surface area contributed by atoms with E-state index in [9.17, 15) is 23.4 Å². The smallest absolute Gasteiger partial charge is 0.242 e. The molecule has 56 heavy (non-hydrogen) atoms. The molecule has 0 spiro atoms. The topological polar surface area (TPSA) is 137 Å². The number of nitrogens with zero attached hydrogens (tertiary/aromatic N) is 1. The van der Waals surface area contributed by atoms with E-state index in [2.05, 4.69) is 21.9 Å². The van der Waals surface area contributed by atoms with E-state index in [1.54, 1.807) is 30.3 Å². The number of benzene rings is 5. The van der Waals surface area contributed by atoms with Crippen LogP contribution >= 0.6 is 0 Å². The van der Waals surface area contributed by atoms with Crippen LogP contribution in [0.25, 0.3) is 0 Å². The molecule has 1 aliphatic rings. The number of rotatable bonds is 15. The first kappa shape index (κ1) is 40.9. The lowest BCUT2D eigenvalue weighted by atomic mass is 9.89. The van der Waals surface area contributed by atoms with Crippen LogP contribution in [-0.2, 0) is 37.3 Å². The van der Waals surface area contributed by atoms with Crippen molar-refractivity contribution in [2.75, 3.05) is 18.9 Å². The SMILES string of the molecule is Cc1ccc(S(=O)(=O)N[C@H](Cc2ccccc2)C(=O)Nc2cccc([C@H]3O[C@@H](CN(C)[C@@H](C)[C@H](O)c4ccccc4)[C@@H](C)[C@@H](c4ccc(CO)cc4)O3)c2)cc1. The zero-order valence-electron chi connectivity index (χ0n) is 32.2. The molecule has 6 rings (SSSR count). The van der Waals surface area contributed by atoms with E-state index >= 15 is 0 Å². The van der Waals surface area contributed by atoms with Crippen LogP contribution in [0.4, 0.5) is 5.69 Å². The molecule has 1 fully saturated rings. The third kappa shape index (κ3) is 10.2. The van der Waals surface area contributed by atoms with Crippen LogP contribution in [0.5, 0.6) is 0 Å². The molecular weight excluding hydrogens is 727 g/mol. The molecule has 7 atom stereocenters. The minimum Gasteiger partial charge on any atom is -0.392 e. The van der Waals surface area contributed by atoms with Gasteiger partial charge in [0.05, 0.1) is 29.8 Å². The molecule has 5 aromatic rings. The second-order valence-electron chi connectivity index (χ2n) is 14.6. The molecule has 10 nitrogen and oxygen atoms in total. The van der Waals surface area contributed by atoms with Gasteiger partial charge in [-0.3, -0.25) is 9.69 Å². The van der Waals surface area contributed by atoms with E-state index in [0.29, 0.717) is 17.8 Å². The molecule has 0 aliphatic carbocycles. The van der Waals surface area contributed by atoms with Crippen LogP contribution in [0, 0.1) is 12.8 Å². The van der Waals surface area contributed by atoms with Crippen LogP contribution in [-0.4, -0.2) is 61.2 Å². The standard InChI is InChI=1S/C45H51N3O7S/c1-30-18-24-39(25-19-30)56(52,53)47-40(26-33-12-7-5-8-13-33)44(51)46-38-17-11-16-37(27-38)45-54-41(28-48(4)32(3)42(50)35-14-9-6-10-15-35)31(2)43(55-45)36-22-20-34(29-49)21-23-36/h5-25,27,31-32,40-43,45,47,49-50H,26,28-29H2,1-4H3,(H,46,51)/t31-,32+,40-,41+,42+,43+,45+/m1/s1. The molecular formula is C45H51N3O7S. The zero-order valence-corrected chi connectivity index (χ0v) is 33.0. The minimum atomic E-state index is -4.03. The number of aliphatic hydroxyl groups is 2. The molecule has 1 saturated heterocycles. The Bertz CT molecular complexity index is 2130. The number of amides is 1. The number of sulfonamides is 1. The Morgan fingerprint density at radius 2 is 1.48 bits per heavy atom. The maximum absolute atomic E-state index is 14.0. The van der Waals surface area contributed by atoms with Crippen molar-refractivity contribution >= 4 is 21.6 Å². The third-order valence-electron chi connectivity index (χ3n) is 10.5. The summed E-state index contributed by atoms with van der Waals surface area (Å²) in [5.41, 5.74) is 5.39. The largest absolute Gasteiger partial charge is 0.392 e. The number of hydrogen-bond donors (Lipinski definition) is 4. The van der Waals surface area contributed by atoms with Gasteiger partial charge in [-0.1, -0.05) is 122 Å². The predicted octanol–water partition coefficient (Wildman–Crippen LogP) is 6.86. The highest BCUT2D eigenvalue weighted by Crippen LogP contribution is 2.42. The summed E-state index contributed by atoms with van der Waals surface area (Å²) < 4.78 is 43.0. The summed E-state index contributed by atoms with van der Waals surface area (Å²) in [5.74, 6) is -0.619. The Morgan fingerprint density at radius 1 is 0.821 bits per heavy atom. The van der Waals surface area contributed by atoms with Gasteiger partial charge in [0, 0.05) is 29.8 Å². The fourth-order valence-electron chi connectivity index (χ4n) is 6.95. The van der Waals surface area contributed by atoms with Gasteiger partial charge in [-0.2, -0.15) is 4.72 Å². The van der Waals surface area contributed by atoms with Crippen molar-refractivity contribution < 1.29 is 32.9 Å². The Labute approximate surface area is 330 Å². The molecule has 1 amide bonds. The summed E-state index contributed by atoms with van der Waals surface area (Å²) in [6.45, 7) is 6.37. The van der Waals surface area contributed by atoms with Crippen LogP contribution < -0.4 is 10.0 Å². The molecule has 5 aromatic carbocycles. The van der Waals surface area contributed by atoms with Gasteiger partial charge in [0.15, 0.2) is 6.29 Å². The highest BCUT2D eigenvalue weighted by Gasteiger charge is 2.40. The summed E-state index contributed by atoms with van der Waals surface area (Å²) in [4.78, 5) is 16.1. The predicted molar refractivity (Wildman–Crippen MR) is 217 cm³/mol. The van der Waals surface area contributed by atoms with Crippen LogP contribution in [0.15, 0.2) is 138 Å². The van der Waals surface area contributed by atoms with Crippen molar-refractivity contribution in [3.63, 3.8) is 0 Å². The van der Waals surface area contributed by atoms with E-state index in [4.69, 9.17) is 9.47 Å². The van der Waals surface area contributed by atoms with Crippen LogP contribution in [0.3, 0.4) is 0 Å². The number of likely N-dealkylation sites (N-methyl/N-ethyl adjacent to an activating group) is 1. The quantitative estimate of drug-likeness (QED) is 0.0906.